The summed E-state index contributed by atoms with van der Waals surface area (Å²) >= 11 is 0. The highest BCUT2D eigenvalue weighted by Crippen LogP contribution is 2.25. The van der Waals surface area contributed by atoms with E-state index in [0.717, 1.165) is 6.07 Å². The molecule has 0 aliphatic carbocycles. The fraction of sp³-hybridized carbons (Fsp3) is 0.0714. The summed E-state index contributed by atoms with van der Waals surface area (Å²) in [4.78, 5) is 12.0. The van der Waals surface area contributed by atoms with Crippen molar-refractivity contribution in [1.29, 1.82) is 0 Å². The Morgan fingerprint density at radius 3 is 2.70 bits per heavy atom. The maximum absolute atomic E-state index is 13.5. The first kappa shape index (κ1) is 13.7. The number of aromatic hydroxyl groups is 1. The molecular weight excluding hydrogens is 263 g/mol. The van der Waals surface area contributed by atoms with Crippen molar-refractivity contribution in [1.82, 2.24) is 0 Å². The van der Waals surface area contributed by atoms with Crippen molar-refractivity contribution in [2.75, 3.05) is 18.2 Å². The van der Waals surface area contributed by atoms with E-state index in [0.29, 0.717) is 11.4 Å². The topological polar surface area (TPSA) is 84.6 Å². The van der Waals surface area contributed by atoms with Gasteiger partial charge in [-0.05, 0) is 30.3 Å². The fourth-order valence-electron chi connectivity index (χ4n) is 1.66. The van der Waals surface area contributed by atoms with Gasteiger partial charge in [0.05, 0.1) is 18.4 Å². The molecule has 2 rings (SSSR count). The molecule has 0 aliphatic heterocycles. The van der Waals surface area contributed by atoms with Gasteiger partial charge in [0.2, 0.25) is 0 Å². The van der Waals surface area contributed by atoms with Crippen LogP contribution < -0.4 is 15.8 Å². The zero-order valence-electron chi connectivity index (χ0n) is 10.7. The minimum atomic E-state index is -0.644. The molecule has 0 aliphatic rings. The second kappa shape index (κ2) is 5.48. The number of anilines is 2. The Bertz CT molecular complexity index is 659. The van der Waals surface area contributed by atoms with Crippen LogP contribution in [0.15, 0.2) is 36.4 Å². The Kier molecular flexibility index (Phi) is 3.74. The summed E-state index contributed by atoms with van der Waals surface area (Å²) in [6.07, 6.45) is 0. The molecule has 20 heavy (non-hydrogen) atoms. The number of nitrogens with two attached hydrogens (primary N) is 1. The van der Waals surface area contributed by atoms with Gasteiger partial charge in [-0.1, -0.05) is 0 Å². The first-order valence-corrected chi connectivity index (χ1v) is 5.74. The summed E-state index contributed by atoms with van der Waals surface area (Å²) < 4.78 is 18.4. The van der Waals surface area contributed by atoms with E-state index in [4.69, 9.17) is 10.5 Å². The number of nitrogens with one attached hydrogen (secondary N) is 1. The molecule has 6 heteroatoms. The van der Waals surface area contributed by atoms with Crippen LogP contribution in [0.2, 0.25) is 0 Å². The van der Waals surface area contributed by atoms with Crippen molar-refractivity contribution >= 4 is 17.3 Å². The molecule has 0 bridgehead atoms. The lowest BCUT2D eigenvalue weighted by atomic mass is 10.1. The third-order valence-electron chi connectivity index (χ3n) is 2.69. The standard InChI is InChI=1S/C14H13FN2O3/c1-20-9-3-4-10(13(18)7-9)14(19)17-12-6-8(16)2-5-11(12)15/h2-7,18H,16H2,1H3,(H,17,19). The Hall–Kier alpha value is -2.76. The number of benzene rings is 2. The van der Waals surface area contributed by atoms with Crippen molar-refractivity contribution in [3.8, 4) is 11.5 Å². The highest BCUT2D eigenvalue weighted by Gasteiger charge is 2.14. The molecule has 0 fully saturated rings. The Morgan fingerprint density at radius 2 is 2.05 bits per heavy atom. The quantitative estimate of drug-likeness (QED) is 0.751. The SMILES string of the molecule is COc1ccc(C(=O)Nc2cc(N)ccc2F)c(O)c1. The number of phenolic OH excluding ortho intramolecular Hbond substituents is 1. The number of methoxy groups -OCH3 is 1. The van der Waals surface area contributed by atoms with Gasteiger partial charge in [-0.2, -0.15) is 0 Å². The lowest BCUT2D eigenvalue weighted by molar-refractivity contribution is 0.102. The molecule has 0 spiro atoms. The monoisotopic (exact) mass is 276 g/mol. The van der Waals surface area contributed by atoms with Gasteiger partial charge in [0, 0.05) is 11.8 Å². The third kappa shape index (κ3) is 2.80. The number of carbonyl (C=O) groups excluding carboxylic acids is 1. The van der Waals surface area contributed by atoms with Gasteiger partial charge in [-0.25, -0.2) is 4.39 Å². The predicted molar refractivity (Wildman–Crippen MR) is 73.4 cm³/mol. The number of halogens is 1. The molecule has 4 N–H and O–H groups in total. The van der Waals surface area contributed by atoms with Crippen LogP contribution >= 0.6 is 0 Å². The molecule has 0 aromatic heterocycles. The zero-order chi connectivity index (χ0) is 14.7. The van der Waals surface area contributed by atoms with Crippen molar-refractivity contribution in [3.63, 3.8) is 0 Å². The molecule has 0 saturated heterocycles. The molecule has 0 saturated carbocycles. The van der Waals surface area contributed by atoms with Crippen LogP contribution in [0.3, 0.4) is 0 Å². The van der Waals surface area contributed by atoms with Gasteiger partial charge in [0.15, 0.2) is 0 Å². The van der Waals surface area contributed by atoms with Gasteiger partial charge in [-0.3, -0.25) is 4.79 Å². The molecule has 0 heterocycles. The molecule has 0 unspecified atom stereocenters. The molecule has 5 nitrogen and oxygen atoms in total. The smallest absolute Gasteiger partial charge is 0.259 e. The van der Waals surface area contributed by atoms with Gasteiger partial charge in [0.1, 0.15) is 17.3 Å². The minimum absolute atomic E-state index is 0.00706. The molecular formula is C14H13FN2O3. The highest BCUT2D eigenvalue weighted by atomic mass is 19.1. The molecule has 0 atom stereocenters. The second-order valence-electron chi connectivity index (χ2n) is 4.08. The lowest BCUT2D eigenvalue weighted by Gasteiger charge is -2.09. The first-order chi connectivity index (χ1) is 9.51. The average molecular weight is 276 g/mol. The summed E-state index contributed by atoms with van der Waals surface area (Å²) in [5, 5.41) is 12.1. The van der Waals surface area contributed by atoms with Crippen LogP contribution in [0.1, 0.15) is 10.4 Å². The minimum Gasteiger partial charge on any atom is -0.507 e. The van der Waals surface area contributed by atoms with Gasteiger partial charge >= 0.3 is 0 Å². The van der Waals surface area contributed by atoms with Crippen LogP contribution in [-0.4, -0.2) is 18.1 Å². The van der Waals surface area contributed by atoms with Crippen molar-refractivity contribution in [3.05, 3.63) is 47.8 Å². The number of carbonyl (C=O) groups is 1. The average Bonchev–Trinajstić information content (AvgIpc) is 2.42. The maximum Gasteiger partial charge on any atom is 0.259 e. The van der Waals surface area contributed by atoms with Gasteiger partial charge in [-0.15, -0.1) is 0 Å². The van der Waals surface area contributed by atoms with E-state index in [-0.39, 0.29) is 17.0 Å². The maximum atomic E-state index is 13.5. The van der Waals surface area contributed by atoms with E-state index in [9.17, 15) is 14.3 Å². The van der Waals surface area contributed by atoms with Crippen LogP contribution in [0.5, 0.6) is 11.5 Å². The number of ether oxygens (including phenoxy) is 1. The highest BCUT2D eigenvalue weighted by molar-refractivity contribution is 6.06. The predicted octanol–water partition coefficient (Wildman–Crippen LogP) is 2.37. The summed E-state index contributed by atoms with van der Waals surface area (Å²) in [6, 6.07) is 8.03. The number of rotatable bonds is 3. The Morgan fingerprint density at radius 1 is 1.30 bits per heavy atom. The fourth-order valence-corrected chi connectivity index (χ4v) is 1.66. The number of phenols is 1. The Labute approximate surface area is 114 Å². The van der Waals surface area contributed by atoms with Crippen LogP contribution in [0, 0.1) is 5.82 Å². The van der Waals surface area contributed by atoms with Crippen LogP contribution in [0.4, 0.5) is 15.8 Å². The Balaban J connectivity index is 2.26. The van der Waals surface area contributed by atoms with E-state index in [1.807, 2.05) is 0 Å². The molecule has 2 aromatic rings. The zero-order valence-corrected chi connectivity index (χ0v) is 10.7. The summed E-state index contributed by atoms with van der Waals surface area (Å²) in [5.41, 5.74) is 5.80. The molecule has 2 aromatic carbocycles. The van der Waals surface area contributed by atoms with Gasteiger partial charge < -0.3 is 20.9 Å². The molecule has 1 amide bonds. The number of hydrogen-bond donors (Lipinski definition) is 3. The lowest BCUT2D eigenvalue weighted by Crippen LogP contribution is -2.13. The summed E-state index contributed by atoms with van der Waals surface area (Å²) in [6.45, 7) is 0. The molecule has 0 radical (unpaired) electrons. The normalized spacial score (nSPS) is 10.1. The number of nitrogen functional groups attached to an aromatic ring is 1. The summed E-state index contributed by atoms with van der Waals surface area (Å²) in [7, 11) is 1.44. The number of hydrogen-bond acceptors (Lipinski definition) is 4. The van der Waals surface area contributed by atoms with E-state index in [1.165, 1.54) is 37.4 Å². The summed E-state index contributed by atoms with van der Waals surface area (Å²) in [5.74, 6) is -1.10. The second-order valence-corrected chi connectivity index (χ2v) is 4.08. The van der Waals surface area contributed by atoms with Crippen LogP contribution in [-0.2, 0) is 0 Å². The van der Waals surface area contributed by atoms with E-state index >= 15 is 0 Å². The van der Waals surface area contributed by atoms with Crippen molar-refractivity contribution in [2.24, 2.45) is 0 Å². The largest absolute Gasteiger partial charge is 0.507 e. The van der Waals surface area contributed by atoms with E-state index in [1.54, 1.807) is 0 Å². The van der Waals surface area contributed by atoms with Crippen molar-refractivity contribution < 1.29 is 19.0 Å². The molecule has 104 valence electrons. The van der Waals surface area contributed by atoms with E-state index in [2.05, 4.69) is 5.32 Å². The number of amides is 1. The first-order valence-electron chi connectivity index (χ1n) is 5.74. The van der Waals surface area contributed by atoms with Crippen molar-refractivity contribution in [2.45, 2.75) is 0 Å². The van der Waals surface area contributed by atoms with E-state index < -0.39 is 11.7 Å². The van der Waals surface area contributed by atoms with Gasteiger partial charge in [0.25, 0.3) is 5.91 Å². The van der Waals surface area contributed by atoms with Crippen LogP contribution in [0.25, 0.3) is 0 Å². The third-order valence-corrected chi connectivity index (χ3v) is 2.69.